The summed E-state index contributed by atoms with van der Waals surface area (Å²) in [4.78, 5) is 40.6. The predicted octanol–water partition coefficient (Wildman–Crippen LogP) is 2.10. The van der Waals surface area contributed by atoms with Crippen LogP contribution >= 0.6 is 0 Å². The van der Waals surface area contributed by atoms with E-state index in [0.29, 0.717) is 24.2 Å². The van der Waals surface area contributed by atoms with Gasteiger partial charge >= 0.3 is 17.6 Å². The van der Waals surface area contributed by atoms with E-state index in [1.807, 2.05) is 6.92 Å². The maximum Gasteiger partial charge on any atom is 0.463 e. The number of benzene rings is 1. The fraction of sp³-hybridized carbons (Fsp3) is 0.429. The molecule has 0 saturated carbocycles. The highest BCUT2D eigenvalue weighted by Crippen LogP contribution is 2.13. The molecule has 0 spiro atoms. The maximum absolute atomic E-state index is 12.7. The average molecular weight is 450 g/mol. The van der Waals surface area contributed by atoms with E-state index in [9.17, 15) is 22.8 Å². The second kappa shape index (κ2) is 12.6. The lowest BCUT2D eigenvalue weighted by atomic mass is 10.1. The molecule has 1 rings (SSSR count). The lowest BCUT2D eigenvalue weighted by Gasteiger charge is -2.19. The Morgan fingerprint density at radius 1 is 1.19 bits per heavy atom. The van der Waals surface area contributed by atoms with Crippen LogP contribution in [0.15, 0.2) is 41.8 Å². The SMILES string of the molecule is C=CCCCCC(=O)N(CCS(=O)(=O)c1ccc(C)cc1)C(=O)C(=[N+]=[N-])C(=O)OCC. The number of unbranched alkanes of at least 4 members (excludes halogenated alkanes) is 2. The van der Waals surface area contributed by atoms with Gasteiger partial charge in [-0.1, -0.05) is 23.8 Å². The number of amides is 2. The van der Waals surface area contributed by atoms with Crippen molar-refractivity contribution in [3.8, 4) is 0 Å². The topological polar surface area (TPSA) is 134 Å². The Labute approximate surface area is 182 Å². The molecule has 10 heteroatoms. The molecular formula is C21H27N3O6S. The van der Waals surface area contributed by atoms with Crippen LogP contribution in [0, 0.1) is 6.92 Å². The lowest BCUT2D eigenvalue weighted by molar-refractivity contribution is -0.147. The Morgan fingerprint density at radius 2 is 1.84 bits per heavy atom. The number of ether oxygens (including phenoxy) is 1. The van der Waals surface area contributed by atoms with Gasteiger partial charge in [-0.2, -0.15) is 4.79 Å². The van der Waals surface area contributed by atoms with Crippen LogP contribution < -0.4 is 0 Å². The van der Waals surface area contributed by atoms with E-state index in [2.05, 4.69) is 16.1 Å². The Kier molecular flexibility index (Phi) is 10.5. The van der Waals surface area contributed by atoms with Crippen LogP contribution in [0.5, 0.6) is 0 Å². The van der Waals surface area contributed by atoms with Crippen molar-refractivity contribution in [3.05, 3.63) is 48.0 Å². The van der Waals surface area contributed by atoms with Crippen LogP contribution in [0.2, 0.25) is 0 Å². The zero-order valence-electron chi connectivity index (χ0n) is 17.7. The van der Waals surface area contributed by atoms with Crippen molar-refractivity contribution >= 4 is 33.3 Å². The van der Waals surface area contributed by atoms with E-state index in [-0.39, 0.29) is 17.9 Å². The molecule has 0 saturated heterocycles. The van der Waals surface area contributed by atoms with Gasteiger partial charge in [-0.25, -0.2) is 13.2 Å². The summed E-state index contributed by atoms with van der Waals surface area (Å²) in [6.45, 7) is 6.31. The molecule has 0 aromatic heterocycles. The molecule has 0 bridgehead atoms. The predicted molar refractivity (Wildman–Crippen MR) is 114 cm³/mol. The number of sulfone groups is 1. The zero-order chi connectivity index (χ0) is 23.4. The van der Waals surface area contributed by atoms with Crippen LogP contribution in [-0.4, -0.2) is 60.5 Å². The molecular weight excluding hydrogens is 422 g/mol. The number of carbonyl (C=O) groups excluding carboxylic acids is 3. The van der Waals surface area contributed by atoms with E-state index in [1.54, 1.807) is 18.2 Å². The average Bonchev–Trinajstić information content (AvgIpc) is 2.72. The fourth-order valence-corrected chi connectivity index (χ4v) is 3.82. The van der Waals surface area contributed by atoms with E-state index in [4.69, 9.17) is 5.53 Å². The van der Waals surface area contributed by atoms with Crippen molar-refractivity contribution in [2.75, 3.05) is 18.9 Å². The van der Waals surface area contributed by atoms with Crippen molar-refractivity contribution in [3.63, 3.8) is 0 Å². The number of esters is 1. The first-order chi connectivity index (χ1) is 14.7. The number of carbonyl (C=O) groups is 3. The van der Waals surface area contributed by atoms with E-state index in [1.165, 1.54) is 19.1 Å². The van der Waals surface area contributed by atoms with Gasteiger partial charge in [0.2, 0.25) is 5.91 Å². The largest absolute Gasteiger partial charge is 0.463 e. The molecule has 0 aliphatic rings. The summed E-state index contributed by atoms with van der Waals surface area (Å²) < 4.78 is 29.9. The third-order valence-electron chi connectivity index (χ3n) is 4.33. The van der Waals surface area contributed by atoms with Gasteiger partial charge in [-0.15, -0.1) is 6.58 Å². The molecule has 0 radical (unpaired) electrons. The highest BCUT2D eigenvalue weighted by molar-refractivity contribution is 7.91. The molecule has 0 heterocycles. The Hall–Kier alpha value is -3.10. The molecule has 0 aliphatic heterocycles. The lowest BCUT2D eigenvalue weighted by Crippen LogP contribution is -2.46. The summed E-state index contributed by atoms with van der Waals surface area (Å²) in [7, 11) is -3.81. The van der Waals surface area contributed by atoms with Gasteiger partial charge in [0.1, 0.15) is 0 Å². The summed E-state index contributed by atoms with van der Waals surface area (Å²) in [6, 6.07) is 6.15. The van der Waals surface area contributed by atoms with Gasteiger partial charge in [-0.3, -0.25) is 14.5 Å². The number of imide groups is 1. The van der Waals surface area contributed by atoms with Crippen LogP contribution in [0.4, 0.5) is 0 Å². The monoisotopic (exact) mass is 449 g/mol. The summed E-state index contributed by atoms with van der Waals surface area (Å²) in [5, 5.41) is 0. The number of hydrogen-bond acceptors (Lipinski definition) is 6. The van der Waals surface area contributed by atoms with Gasteiger partial charge < -0.3 is 10.3 Å². The molecule has 2 amide bonds. The van der Waals surface area contributed by atoms with Crippen LogP contribution in [-0.2, 0) is 29.0 Å². The van der Waals surface area contributed by atoms with E-state index < -0.39 is 45.6 Å². The Bertz CT molecular complexity index is 963. The smallest absolute Gasteiger partial charge is 0.457 e. The Morgan fingerprint density at radius 3 is 2.39 bits per heavy atom. The van der Waals surface area contributed by atoms with Crippen LogP contribution in [0.25, 0.3) is 5.53 Å². The van der Waals surface area contributed by atoms with Crippen molar-refractivity contribution in [1.29, 1.82) is 0 Å². The second-order valence-electron chi connectivity index (χ2n) is 6.69. The highest BCUT2D eigenvalue weighted by atomic mass is 32.2. The summed E-state index contributed by atoms with van der Waals surface area (Å²) in [5.74, 6) is -3.66. The molecule has 9 nitrogen and oxygen atoms in total. The molecule has 1 aromatic rings. The highest BCUT2D eigenvalue weighted by Gasteiger charge is 2.38. The number of aryl methyl sites for hydroxylation is 1. The van der Waals surface area contributed by atoms with Crippen LogP contribution in [0.1, 0.15) is 38.2 Å². The minimum atomic E-state index is -3.81. The number of nitrogens with zero attached hydrogens (tertiary/aromatic N) is 3. The second-order valence-corrected chi connectivity index (χ2v) is 8.80. The minimum Gasteiger partial charge on any atom is -0.457 e. The number of allylic oxidation sites excluding steroid dienone is 1. The standard InChI is InChI=1S/C21H27N3O6S/c1-4-6-7-8-9-18(25)24(20(26)19(23-22)21(27)30-5-2)14-15-31(28,29)17-12-10-16(3)11-13-17/h4,10-13H,1,5-9,14-15H2,2-3H3. The fourth-order valence-electron chi connectivity index (χ4n) is 2.61. The first-order valence-corrected chi connectivity index (χ1v) is 11.5. The molecule has 0 aliphatic carbocycles. The quantitative estimate of drug-likeness (QED) is 0.0912. The van der Waals surface area contributed by atoms with Crippen LogP contribution in [0.3, 0.4) is 0 Å². The molecule has 168 valence electrons. The third kappa shape index (κ3) is 7.92. The Balaban J connectivity index is 3.08. The van der Waals surface area contributed by atoms with Gasteiger partial charge in [-0.05, 0) is 45.2 Å². The molecule has 31 heavy (non-hydrogen) atoms. The van der Waals surface area contributed by atoms with Gasteiger partial charge in [0.25, 0.3) is 0 Å². The van der Waals surface area contributed by atoms with E-state index in [0.717, 1.165) is 5.56 Å². The van der Waals surface area contributed by atoms with Crippen molar-refractivity contribution in [2.24, 2.45) is 0 Å². The van der Waals surface area contributed by atoms with Crippen molar-refractivity contribution < 1.29 is 32.3 Å². The molecule has 0 fully saturated rings. The van der Waals surface area contributed by atoms with Gasteiger partial charge in [0, 0.05) is 13.0 Å². The number of rotatable bonds is 12. The normalized spacial score (nSPS) is 10.6. The third-order valence-corrected chi connectivity index (χ3v) is 6.04. The van der Waals surface area contributed by atoms with Crippen molar-refractivity contribution in [1.82, 2.24) is 4.90 Å². The summed E-state index contributed by atoms with van der Waals surface area (Å²) >= 11 is 0. The molecule has 0 N–H and O–H groups in total. The molecule has 0 unspecified atom stereocenters. The molecule has 0 atom stereocenters. The zero-order valence-corrected chi connectivity index (χ0v) is 18.6. The first-order valence-electron chi connectivity index (χ1n) is 9.82. The minimum absolute atomic E-state index is 0.0466. The van der Waals surface area contributed by atoms with Gasteiger partial charge in [0.15, 0.2) is 9.84 Å². The molecule has 1 aromatic carbocycles. The summed E-state index contributed by atoms with van der Waals surface area (Å²) in [5.41, 5.74) is 8.99. The van der Waals surface area contributed by atoms with Gasteiger partial charge in [0.05, 0.1) is 17.3 Å². The number of hydrogen-bond donors (Lipinski definition) is 0. The first kappa shape index (κ1) is 25.9. The summed E-state index contributed by atoms with van der Waals surface area (Å²) in [6.07, 6.45) is 3.40. The van der Waals surface area contributed by atoms with Crippen molar-refractivity contribution in [2.45, 2.75) is 44.4 Å². The maximum atomic E-state index is 12.7. The van der Waals surface area contributed by atoms with E-state index >= 15 is 0 Å².